The molecule has 0 atom stereocenters. The molecule has 11 heavy (non-hydrogen) atoms. The first-order valence-electron chi connectivity index (χ1n) is 2.71. The van der Waals surface area contributed by atoms with E-state index in [9.17, 15) is 9.70 Å². The maximum absolute atomic E-state index is 10.5. The van der Waals surface area contributed by atoms with Gasteiger partial charge in [-0.2, -0.15) is 0 Å². The van der Waals surface area contributed by atoms with Crippen molar-refractivity contribution < 1.29 is 19.1 Å². The van der Waals surface area contributed by atoms with E-state index in [-0.39, 0.29) is 16.0 Å². The van der Waals surface area contributed by atoms with Crippen LogP contribution in [0.5, 0.6) is 0 Å². The number of nitrogens with zero attached hydrogens (tertiary/aromatic N) is 1. The van der Waals surface area contributed by atoms with Gasteiger partial charge in [0.2, 0.25) is 0 Å². The van der Waals surface area contributed by atoms with Crippen LogP contribution in [0.1, 0.15) is 16.2 Å². The lowest BCUT2D eigenvalue weighted by atomic mass is 10.3. The first-order chi connectivity index (χ1) is 5.16. The van der Waals surface area contributed by atoms with Gasteiger partial charge < -0.3 is 10.8 Å². The molecule has 0 radical (unpaired) electrons. The van der Waals surface area contributed by atoms with Crippen molar-refractivity contribution in [3.63, 3.8) is 0 Å². The number of primary amides is 1. The molecule has 0 aromatic carbocycles. The topological polar surface area (TPSA) is 115 Å². The quantitative estimate of drug-likeness (QED) is 0.469. The third-order valence-corrected chi connectivity index (χ3v) is 1.14. The lowest BCUT2D eigenvalue weighted by Gasteiger charge is -1.80. The molecule has 1 amide bonds. The summed E-state index contributed by atoms with van der Waals surface area (Å²) in [6, 6.07) is 0. The van der Waals surface area contributed by atoms with Crippen LogP contribution in [0.2, 0.25) is 0 Å². The van der Waals surface area contributed by atoms with E-state index in [1.165, 1.54) is 0 Å². The maximum Gasteiger partial charge on any atom is 0.296 e. The van der Waals surface area contributed by atoms with Crippen LogP contribution in [-0.4, -0.2) is 16.2 Å². The Morgan fingerprint density at radius 2 is 2.45 bits per heavy atom. The van der Waals surface area contributed by atoms with Gasteiger partial charge in [0.05, 0.1) is 0 Å². The molecule has 0 aliphatic carbocycles. The molecule has 0 fully saturated rings. The molecular formula is C4H6N3O4+. The number of carbonyl (C=O) groups is 1. The predicted molar refractivity (Wildman–Crippen MR) is 30.9 cm³/mol. The first-order valence-corrected chi connectivity index (χ1v) is 2.71. The van der Waals surface area contributed by atoms with Crippen LogP contribution in [0.3, 0.4) is 0 Å². The fourth-order valence-electron chi connectivity index (χ4n) is 0.622. The molecule has 0 unspecified atom stereocenters. The van der Waals surface area contributed by atoms with Crippen molar-refractivity contribution in [2.24, 2.45) is 5.73 Å². The lowest BCUT2D eigenvalue weighted by molar-refractivity contribution is -0.720. The minimum absolute atomic E-state index is 0.0138. The Bertz CT molecular complexity index is 324. The van der Waals surface area contributed by atoms with Crippen LogP contribution in [0, 0.1) is 4.91 Å². The third kappa shape index (κ3) is 1.13. The number of aliphatic hydroxyl groups excluding tert-OH is 1. The molecule has 0 saturated carbocycles. The SMILES string of the molecule is NC(=O)c1[nH]o[n+](=O)c1CO. The van der Waals surface area contributed by atoms with Crippen molar-refractivity contribution in [1.29, 1.82) is 0 Å². The van der Waals surface area contributed by atoms with Crippen LogP contribution in [0.4, 0.5) is 0 Å². The number of aliphatic hydroxyl groups is 1. The van der Waals surface area contributed by atoms with E-state index >= 15 is 0 Å². The van der Waals surface area contributed by atoms with Crippen LogP contribution in [0.25, 0.3) is 0 Å². The van der Waals surface area contributed by atoms with Gasteiger partial charge in [-0.25, -0.2) is 0 Å². The highest BCUT2D eigenvalue weighted by Crippen LogP contribution is 1.96. The molecule has 1 heterocycles. The van der Waals surface area contributed by atoms with Crippen LogP contribution < -0.4 is 10.3 Å². The number of nitrogens with one attached hydrogen (secondary N) is 1. The highest BCUT2D eigenvalue weighted by molar-refractivity contribution is 5.91. The summed E-state index contributed by atoms with van der Waals surface area (Å²) in [6.07, 6.45) is 0. The Morgan fingerprint density at radius 3 is 2.82 bits per heavy atom. The van der Waals surface area contributed by atoms with Gasteiger partial charge in [0.25, 0.3) is 17.3 Å². The molecule has 0 aliphatic rings. The average Bonchev–Trinajstić information content (AvgIpc) is 2.30. The number of amides is 1. The van der Waals surface area contributed by atoms with E-state index in [2.05, 4.69) is 4.63 Å². The van der Waals surface area contributed by atoms with E-state index in [0.717, 1.165) is 0 Å². The molecule has 0 spiro atoms. The number of H-pyrrole nitrogens is 1. The fourth-order valence-corrected chi connectivity index (χ4v) is 0.622. The number of nitrogens with two attached hydrogens (primary N) is 1. The van der Waals surface area contributed by atoms with Gasteiger partial charge in [-0.3, -0.25) is 4.79 Å². The zero-order chi connectivity index (χ0) is 8.43. The second-order valence-electron chi connectivity index (χ2n) is 1.79. The Labute approximate surface area is 59.9 Å². The normalized spacial score (nSPS) is 9.91. The summed E-state index contributed by atoms with van der Waals surface area (Å²) >= 11 is 0. The zero-order valence-corrected chi connectivity index (χ0v) is 5.40. The lowest BCUT2D eigenvalue weighted by Crippen LogP contribution is -2.21. The molecular weight excluding hydrogens is 154 g/mol. The highest BCUT2D eigenvalue weighted by atomic mass is 16.7. The molecule has 7 nitrogen and oxygen atoms in total. The number of aromatic amines is 1. The van der Waals surface area contributed by atoms with Crippen LogP contribution in [0.15, 0.2) is 4.63 Å². The molecule has 0 bridgehead atoms. The first kappa shape index (κ1) is 7.48. The van der Waals surface area contributed by atoms with Crippen molar-refractivity contribution in [2.45, 2.75) is 6.61 Å². The molecule has 1 aromatic rings. The largest absolute Gasteiger partial charge is 0.387 e. The zero-order valence-electron chi connectivity index (χ0n) is 5.40. The molecule has 60 valence electrons. The van der Waals surface area contributed by atoms with Crippen molar-refractivity contribution >= 4 is 5.91 Å². The highest BCUT2D eigenvalue weighted by Gasteiger charge is 2.23. The summed E-state index contributed by atoms with van der Waals surface area (Å²) in [5, 5.41) is 10.5. The van der Waals surface area contributed by atoms with Crippen LogP contribution in [-0.2, 0) is 6.61 Å². The van der Waals surface area contributed by atoms with Crippen molar-refractivity contribution in [3.8, 4) is 0 Å². The van der Waals surface area contributed by atoms with Crippen LogP contribution >= 0.6 is 0 Å². The van der Waals surface area contributed by atoms with Gasteiger partial charge in [-0.15, -0.1) is 0 Å². The van der Waals surface area contributed by atoms with Crippen molar-refractivity contribution in [3.05, 3.63) is 16.3 Å². The van der Waals surface area contributed by atoms with Gasteiger partial charge in [-0.1, -0.05) is 9.79 Å². The second-order valence-corrected chi connectivity index (χ2v) is 1.79. The monoisotopic (exact) mass is 160 g/mol. The Balaban J connectivity index is 3.27. The molecule has 1 rings (SSSR count). The smallest absolute Gasteiger partial charge is 0.296 e. The molecule has 0 aliphatic heterocycles. The number of hydrogen-bond donors (Lipinski definition) is 3. The van der Waals surface area contributed by atoms with Gasteiger partial charge in [0.15, 0.2) is 4.60 Å². The molecule has 7 heteroatoms. The average molecular weight is 160 g/mol. The van der Waals surface area contributed by atoms with Crippen molar-refractivity contribution in [1.82, 2.24) is 5.16 Å². The standard InChI is InChI=1S/C4H5N3O4/c5-4(9)3-2(1-8)7(10)11-6-3/h8H,1H2,(H2-,5,6,9,10)/p+1. The number of carbonyl (C=O) groups excluding carboxylic acids is 1. The van der Waals surface area contributed by atoms with Gasteiger partial charge in [0.1, 0.15) is 6.61 Å². The predicted octanol–water partition coefficient (Wildman–Crippen LogP) is -1.89. The summed E-state index contributed by atoms with van der Waals surface area (Å²) in [4.78, 5) is 21.0. The molecule has 1 aromatic heterocycles. The Hall–Kier alpha value is -1.63. The van der Waals surface area contributed by atoms with Gasteiger partial charge >= 0.3 is 0 Å². The molecule has 4 N–H and O–H groups in total. The van der Waals surface area contributed by atoms with E-state index < -0.39 is 12.5 Å². The summed E-state index contributed by atoms with van der Waals surface area (Å²) < 4.78 is 4.11. The molecule has 0 saturated heterocycles. The van der Waals surface area contributed by atoms with E-state index in [0.29, 0.717) is 0 Å². The number of rotatable bonds is 2. The Kier molecular flexibility index (Phi) is 1.73. The fraction of sp³-hybridized carbons (Fsp3) is 0.250. The Morgan fingerprint density at radius 1 is 1.82 bits per heavy atom. The maximum atomic E-state index is 10.5. The minimum Gasteiger partial charge on any atom is -0.387 e. The van der Waals surface area contributed by atoms with E-state index in [1.807, 2.05) is 5.16 Å². The van der Waals surface area contributed by atoms with E-state index in [1.54, 1.807) is 0 Å². The van der Waals surface area contributed by atoms with E-state index in [4.69, 9.17) is 10.8 Å². The second kappa shape index (κ2) is 2.54. The minimum atomic E-state index is -0.854. The summed E-state index contributed by atoms with van der Waals surface area (Å²) in [5.74, 6) is -0.854. The summed E-state index contributed by atoms with van der Waals surface area (Å²) in [5.41, 5.74) is 4.37. The summed E-state index contributed by atoms with van der Waals surface area (Å²) in [7, 11) is 0. The van der Waals surface area contributed by atoms with Gasteiger partial charge in [-0.05, 0) is 4.91 Å². The van der Waals surface area contributed by atoms with Gasteiger partial charge in [0, 0.05) is 0 Å². The number of aromatic nitrogens is 2. The number of hydrogen-bond acceptors (Lipinski definition) is 4. The van der Waals surface area contributed by atoms with Crippen molar-refractivity contribution in [2.75, 3.05) is 0 Å². The third-order valence-electron chi connectivity index (χ3n) is 1.14. The summed E-state index contributed by atoms with van der Waals surface area (Å²) in [6.45, 7) is -0.602.